The first-order valence-electron chi connectivity index (χ1n) is 8.91. The highest BCUT2D eigenvalue weighted by Gasteiger charge is 2.25. The fourth-order valence-electron chi connectivity index (χ4n) is 2.76. The predicted octanol–water partition coefficient (Wildman–Crippen LogP) is 2.30. The first-order chi connectivity index (χ1) is 12.0. The molecule has 25 heavy (non-hydrogen) atoms. The maximum absolute atomic E-state index is 10.1. The van der Waals surface area contributed by atoms with Crippen LogP contribution in [0.4, 0.5) is 0 Å². The molecule has 1 heterocycles. The van der Waals surface area contributed by atoms with Crippen LogP contribution < -0.4 is 4.74 Å². The Morgan fingerprint density at radius 2 is 2.04 bits per heavy atom. The number of aliphatic hydroxyl groups excluding tert-OH is 1. The van der Waals surface area contributed by atoms with Crippen molar-refractivity contribution >= 4 is 5.71 Å². The normalized spacial score (nSPS) is 18.4. The summed E-state index contributed by atoms with van der Waals surface area (Å²) in [6, 6.07) is 7.84. The van der Waals surface area contributed by atoms with Gasteiger partial charge in [0.2, 0.25) is 0 Å². The number of hydrogen-bond acceptors (Lipinski definition) is 6. The number of methoxy groups -OCH3 is 1. The van der Waals surface area contributed by atoms with Gasteiger partial charge in [-0.15, -0.1) is 0 Å². The van der Waals surface area contributed by atoms with E-state index in [9.17, 15) is 5.11 Å². The zero-order valence-electron chi connectivity index (χ0n) is 15.6. The van der Waals surface area contributed by atoms with Gasteiger partial charge in [0.25, 0.3) is 0 Å². The van der Waals surface area contributed by atoms with Gasteiger partial charge in [-0.25, -0.2) is 0 Å². The molecule has 0 amide bonds. The van der Waals surface area contributed by atoms with Crippen LogP contribution in [-0.2, 0) is 9.57 Å². The van der Waals surface area contributed by atoms with Gasteiger partial charge >= 0.3 is 0 Å². The van der Waals surface area contributed by atoms with Crippen molar-refractivity contribution in [2.45, 2.75) is 45.5 Å². The molecule has 0 saturated carbocycles. The van der Waals surface area contributed by atoms with E-state index in [0.717, 1.165) is 36.5 Å². The fraction of sp³-hybridized carbons (Fsp3) is 0.632. The molecular formula is C19H30N2O4. The third-order valence-corrected chi connectivity index (χ3v) is 4.16. The summed E-state index contributed by atoms with van der Waals surface area (Å²) < 4.78 is 10.7. The monoisotopic (exact) mass is 350 g/mol. The van der Waals surface area contributed by atoms with Crippen LogP contribution in [0.3, 0.4) is 0 Å². The lowest BCUT2D eigenvalue weighted by Crippen LogP contribution is -2.39. The van der Waals surface area contributed by atoms with Gasteiger partial charge in [-0.3, -0.25) is 4.90 Å². The minimum absolute atomic E-state index is 0.00951. The Hall–Kier alpha value is -1.63. The molecule has 1 aliphatic heterocycles. The second kappa shape index (κ2) is 9.75. The number of ether oxygens (including phenoxy) is 2. The van der Waals surface area contributed by atoms with Gasteiger partial charge in [0.1, 0.15) is 11.9 Å². The number of benzene rings is 1. The lowest BCUT2D eigenvalue weighted by atomic mass is 10.0. The van der Waals surface area contributed by atoms with E-state index in [1.807, 2.05) is 38.1 Å². The van der Waals surface area contributed by atoms with Crippen molar-refractivity contribution in [1.82, 2.24) is 4.90 Å². The van der Waals surface area contributed by atoms with E-state index in [0.29, 0.717) is 13.2 Å². The van der Waals surface area contributed by atoms with Gasteiger partial charge in [-0.05, 0) is 50.2 Å². The van der Waals surface area contributed by atoms with Crippen molar-refractivity contribution in [3.63, 3.8) is 0 Å². The number of oxime groups is 1. The molecule has 2 rings (SSSR count). The number of rotatable bonds is 10. The molecule has 0 spiro atoms. The summed E-state index contributed by atoms with van der Waals surface area (Å²) in [5, 5.41) is 14.3. The van der Waals surface area contributed by atoms with Crippen molar-refractivity contribution in [1.29, 1.82) is 0 Å². The van der Waals surface area contributed by atoms with E-state index in [-0.39, 0.29) is 12.2 Å². The van der Waals surface area contributed by atoms with E-state index >= 15 is 0 Å². The highest BCUT2D eigenvalue weighted by Crippen LogP contribution is 2.20. The summed E-state index contributed by atoms with van der Waals surface area (Å²) in [5.41, 5.74) is 2.00. The summed E-state index contributed by atoms with van der Waals surface area (Å²) in [6.07, 6.45) is 0.408. The van der Waals surface area contributed by atoms with E-state index in [1.165, 1.54) is 0 Å². The molecule has 6 heteroatoms. The van der Waals surface area contributed by atoms with Crippen LogP contribution in [-0.4, -0.2) is 67.4 Å². The predicted molar refractivity (Wildman–Crippen MR) is 98.2 cm³/mol. The number of aliphatic hydroxyl groups is 1. The van der Waals surface area contributed by atoms with Gasteiger partial charge in [-0.1, -0.05) is 12.1 Å². The van der Waals surface area contributed by atoms with Crippen LogP contribution in [0.5, 0.6) is 5.75 Å². The van der Waals surface area contributed by atoms with Crippen molar-refractivity contribution in [3.05, 3.63) is 29.8 Å². The quantitative estimate of drug-likeness (QED) is 0.701. The number of hydrogen-bond donors (Lipinski definition) is 1. The summed E-state index contributed by atoms with van der Waals surface area (Å²) in [4.78, 5) is 7.76. The summed E-state index contributed by atoms with van der Waals surface area (Å²) in [6.45, 7) is 8.52. The van der Waals surface area contributed by atoms with Gasteiger partial charge in [0.15, 0.2) is 0 Å². The van der Waals surface area contributed by atoms with Crippen LogP contribution in [0.25, 0.3) is 0 Å². The largest absolute Gasteiger partial charge is 0.497 e. The first kappa shape index (κ1) is 19.7. The second-order valence-corrected chi connectivity index (χ2v) is 6.59. The summed E-state index contributed by atoms with van der Waals surface area (Å²) in [7, 11) is 1.65. The van der Waals surface area contributed by atoms with E-state index < -0.39 is 6.10 Å². The molecule has 0 unspecified atom stereocenters. The van der Waals surface area contributed by atoms with E-state index in [4.69, 9.17) is 14.3 Å². The molecule has 0 radical (unpaired) electrons. The minimum Gasteiger partial charge on any atom is -0.497 e. The van der Waals surface area contributed by atoms with Crippen molar-refractivity contribution < 1.29 is 19.4 Å². The third-order valence-electron chi connectivity index (χ3n) is 4.16. The molecule has 1 N–H and O–H groups in total. The van der Waals surface area contributed by atoms with Crippen LogP contribution in [0.2, 0.25) is 0 Å². The molecule has 6 nitrogen and oxygen atoms in total. The molecule has 1 aliphatic rings. The Morgan fingerprint density at radius 3 is 2.64 bits per heavy atom. The molecule has 0 bridgehead atoms. The Bertz CT molecular complexity index is 545. The van der Waals surface area contributed by atoms with E-state index in [2.05, 4.69) is 17.0 Å². The average Bonchev–Trinajstić information content (AvgIpc) is 3.08. The van der Waals surface area contributed by atoms with Gasteiger partial charge in [0, 0.05) is 19.5 Å². The molecule has 1 aromatic rings. The third kappa shape index (κ3) is 6.30. The highest BCUT2D eigenvalue weighted by atomic mass is 16.6. The number of likely N-dealkylation sites (N-methyl/N-ethyl adjacent to an activating group) is 1. The Labute approximate surface area is 150 Å². The topological polar surface area (TPSA) is 63.5 Å². The molecule has 140 valence electrons. The smallest absolute Gasteiger partial charge is 0.145 e. The molecule has 0 saturated heterocycles. The van der Waals surface area contributed by atoms with Crippen LogP contribution >= 0.6 is 0 Å². The Morgan fingerprint density at radius 1 is 1.32 bits per heavy atom. The van der Waals surface area contributed by atoms with Gasteiger partial charge in [0.05, 0.1) is 31.6 Å². The van der Waals surface area contributed by atoms with E-state index in [1.54, 1.807) is 7.11 Å². The Balaban J connectivity index is 1.80. The lowest BCUT2D eigenvalue weighted by molar-refractivity contribution is -0.0169. The number of nitrogens with zero attached hydrogens (tertiary/aromatic N) is 2. The maximum Gasteiger partial charge on any atom is 0.145 e. The first-order valence-corrected chi connectivity index (χ1v) is 8.91. The standard InChI is InChI=1S/C19H30N2O4/c1-5-21(11-16(22)13-24-14(2)3)12-18-10-19(20-25-18)15-6-8-17(23-4)9-7-15/h6-9,14,16,18,22H,5,10-13H2,1-4H3/t16-,18-/m0/s1. The molecule has 0 aromatic heterocycles. The minimum atomic E-state index is -0.495. The SMILES string of the molecule is CCN(C[C@H](O)COC(C)C)C[C@@H]1CC(c2ccc(OC)cc2)=NO1. The zero-order chi connectivity index (χ0) is 18.2. The van der Waals surface area contributed by atoms with Crippen molar-refractivity contribution in [2.24, 2.45) is 5.16 Å². The fourth-order valence-corrected chi connectivity index (χ4v) is 2.76. The van der Waals surface area contributed by atoms with Gasteiger partial charge < -0.3 is 19.4 Å². The molecule has 1 aromatic carbocycles. The molecule has 0 aliphatic carbocycles. The maximum atomic E-state index is 10.1. The molecule has 2 atom stereocenters. The lowest BCUT2D eigenvalue weighted by Gasteiger charge is -2.25. The van der Waals surface area contributed by atoms with Crippen LogP contribution in [0.1, 0.15) is 32.8 Å². The van der Waals surface area contributed by atoms with Crippen LogP contribution in [0, 0.1) is 0 Å². The molecule has 0 fully saturated rings. The molecular weight excluding hydrogens is 320 g/mol. The zero-order valence-corrected chi connectivity index (χ0v) is 15.6. The summed E-state index contributed by atoms with van der Waals surface area (Å²) >= 11 is 0. The Kier molecular flexibility index (Phi) is 7.68. The van der Waals surface area contributed by atoms with Crippen LogP contribution in [0.15, 0.2) is 29.4 Å². The van der Waals surface area contributed by atoms with Gasteiger partial charge in [-0.2, -0.15) is 0 Å². The van der Waals surface area contributed by atoms with Crippen molar-refractivity contribution in [2.75, 3.05) is 33.4 Å². The summed E-state index contributed by atoms with van der Waals surface area (Å²) in [5.74, 6) is 0.828. The second-order valence-electron chi connectivity index (χ2n) is 6.59. The average molecular weight is 350 g/mol. The highest BCUT2D eigenvalue weighted by molar-refractivity contribution is 6.01. The van der Waals surface area contributed by atoms with Crippen molar-refractivity contribution in [3.8, 4) is 5.75 Å².